The van der Waals surface area contributed by atoms with Gasteiger partial charge < -0.3 is 14.4 Å². The molecule has 2 aliphatic heterocycles. The van der Waals surface area contributed by atoms with E-state index in [1.54, 1.807) is 6.07 Å². The summed E-state index contributed by atoms with van der Waals surface area (Å²) in [5.41, 5.74) is 0.848. The number of ether oxygens (including phenoxy) is 2. The van der Waals surface area contributed by atoms with E-state index >= 15 is 0 Å². The highest BCUT2D eigenvalue weighted by atomic mass is 16.6. The van der Waals surface area contributed by atoms with Crippen molar-refractivity contribution in [3.8, 4) is 5.75 Å². The Labute approximate surface area is 142 Å². The summed E-state index contributed by atoms with van der Waals surface area (Å²) in [5.74, 6) is 0.565. The van der Waals surface area contributed by atoms with Crippen molar-refractivity contribution in [1.82, 2.24) is 4.90 Å². The number of nitrogens with zero attached hydrogens (tertiary/aromatic N) is 3. The molecular weight excluding hydrogens is 310 g/mol. The molecule has 0 N–H and O–H groups in total. The van der Waals surface area contributed by atoms with Crippen molar-refractivity contribution >= 4 is 11.4 Å². The fourth-order valence-electron chi connectivity index (χ4n) is 3.26. The van der Waals surface area contributed by atoms with Crippen LogP contribution >= 0.6 is 0 Å². The molecule has 132 valence electrons. The predicted molar refractivity (Wildman–Crippen MR) is 91.9 cm³/mol. The molecule has 2 aliphatic rings. The molecule has 7 heteroatoms. The van der Waals surface area contributed by atoms with Crippen LogP contribution in [0.1, 0.15) is 19.3 Å². The number of morpholine rings is 1. The first-order chi connectivity index (χ1) is 11.7. The first-order valence-electron chi connectivity index (χ1n) is 8.70. The van der Waals surface area contributed by atoms with Crippen molar-refractivity contribution in [2.75, 3.05) is 57.4 Å². The summed E-state index contributed by atoms with van der Waals surface area (Å²) in [6.45, 7) is 6.46. The van der Waals surface area contributed by atoms with Gasteiger partial charge in [-0.05, 0) is 31.4 Å². The zero-order valence-electron chi connectivity index (χ0n) is 14.0. The van der Waals surface area contributed by atoms with Crippen LogP contribution in [0.5, 0.6) is 5.75 Å². The molecule has 3 rings (SSSR count). The van der Waals surface area contributed by atoms with E-state index in [4.69, 9.17) is 9.47 Å². The number of anilines is 1. The van der Waals surface area contributed by atoms with Crippen molar-refractivity contribution in [3.05, 3.63) is 28.3 Å². The lowest BCUT2D eigenvalue weighted by atomic mass is 10.1. The maximum absolute atomic E-state index is 11.4. The monoisotopic (exact) mass is 335 g/mol. The lowest BCUT2D eigenvalue weighted by Gasteiger charge is -2.28. The van der Waals surface area contributed by atoms with Crippen molar-refractivity contribution in [1.29, 1.82) is 0 Å². The van der Waals surface area contributed by atoms with E-state index in [2.05, 4.69) is 9.80 Å². The highest BCUT2D eigenvalue weighted by Crippen LogP contribution is 2.33. The maximum Gasteiger partial charge on any atom is 0.296 e. The van der Waals surface area contributed by atoms with Crippen LogP contribution in [-0.4, -0.2) is 62.4 Å². The van der Waals surface area contributed by atoms with Gasteiger partial charge in [-0.1, -0.05) is 0 Å². The van der Waals surface area contributed by atoms with Crippen LogP contribution in [-0.2, 0) is 4.74 Å². The summed E-state index contributed by atoms with van der Waals surface area (Å²) < 4.78 is 11.1. The summed E-state index contributed by atoms with van der Waals surface area (Å²) in [6.07, 6.45) is 3.39. The predicted octanol–water partition coefficient (Wildman–Crippen LogP) is 2.30. The average molecular weight is 335 g/mol. The van der Waals surface area contributed by atoms with E-state index < -0.39 is 0 Å². The molecule has 0 saturated carbocycles. The number of piperidine rings is 1. The minimum Gasteiger partial charge on any atom is -0.492 e. The molecule has 0 unspecified atom stereocenters. The van der Waals surface area contributed by atoms with Gasteiger partial charge in [0.25, 0.3) is 5.69 Å². The van der Waals surface area contributed by atoms with Gasteiger partial charge in [0.2, 0.25) is 0 Å². The van der Waals surface area contributed by atoms with Gasteiger partial charge in [0.05, 0.1) is 24.2 Å². The highest BCUT2D eigenvalue weighted by Gasteiger charge is 2.22. The number of nitro groups is 1. The first kappa shape index (κ1) is 17.0. The third-order valence-corrected chi connectivity index (χ3v) is 4.62. The average Bonchev–Trinajstić information content (AvgIpc) is 2.63. The highest BCUT2D eigenvalue weighted by molar-refractivity contribution is 5.65. The first-order valence-corrected chi connectivity index (χ1v) is 8.70. The van der Waals surface area contributed by atoms with Crippen LogP contribution in [0.2, 0.25) is 0 Å². The molecule has 1 aromatic carbocycles. The Morgan fingerprint density at radius 3 is 2.58 bits per heavy atom. The van der Waals surface area contributed by atoms with E-state index in [1.165, 1.54) is 6.42 Å². The van der Waals surface area contributed by atoms with Gasteiger partial charge in [-0.2, -0.15) is 0 Å². The third kappa shape index (κ3) is 4.36. The molecule has 1 aromatic rings. The summed E-state index contributed by atoms with van der Waals surface area (Å²) >= 11 is 0. The lowest BCUT2D eigenvalue weighted by molar-refractivity contribution is -0.384. The second-order valence-electron chi connectivity index (χ2n) is 6.26. The summed E-state index contributed by atoms with van der Waals surface area (Å²) in [6, 6.07) is 5.23. The Balaban J connectivity index is 1.61. The molecule has 0 aliphatic carbocycles. The molecule has 2 saturated heterocycles. The van der Waals surface area contributed by atoms with Gasteiger partial charge in [-0.3, -0.25) is 15.0 Å². The van der Waals surface area contributed by atoms with Crippen LogP contribution in [0.25, 0.3) is 0 Å². The molecular formula is C17H25N3O4. The van der Waals surface area contributed by atoms with Crippen molar-refractivity contribution < 1.29 is 14.4 Å². The van der Waals surface area contributed by atoms with Gasteiger partial charge in [-0.25, -0.2) is 0 Å². The standard InChI is InChI=1S/C17H25N3O4/c21-20(22)17-14-15(24-13-10-18-8-11-23-12-9-18)4-5-16(17)19-6-2-1-3-7-19/h4-5,14H,1-3,6-13H2. The van der Waals surface area contributed by atoms with E-state index in [1.807, 2.05) is 12.1 Å². The van der Waals surface area contributed by atoms with Gasteiger partial charge in [0.1, 0.15) is 18.0 Å². The lowest BCUT2D eigenvalue weighted by Crippen LogP contribution is -2.38. The fourth-order valence-corrected chi connectivity index (χ4v) is 3.26. The number of rotatable bonds is 6. The molecule has 0 radical (unpaired) electrons. The van der Waals surface area contributed by atoms with E-state index in [0.29, 0.717) is 18.0 Å². The van der Waals surface area contributed by atoms with Crippen LogP contribution in [0.15, 0.2) is 18.2 Å². The van der Waals surface area contributed by atoms with Crippen molar-refractivity contribution in [3.63, 3.8) is 0 Å². The number of hydrogen-bond acceptors (Lipinski definition) is 6. The smallest absolute Gasteiger partial charge is 0.296 e. The van der Waals surface area contributed by atoms with Crippen molar-refractivity contribution in [2.45, 2.75) is 19.3 Å². The number of nitro benzene ring substituents is 1. The zero-order chi connectivity index (χ0) is 16.8. The summed E-state index contributed by atoms with van der Waals surface area (Å²) in [4.78, 5) is 15.5. The Morgan fingerprint density at radius 1 is 1.12 bits per heavy atom. The normalized spacial score (nSPS) is 19.2. The molecule has 24 heavy (non-hydrogen) atoms. The van der Waals surface area contributed by atoms with Gasteiger partial charge in [0, 0.05) is 32.7 Å². The van der Waals surface area contributed by atoms with Crippen LogP contribution in [0.3, 0.4) is 0 Å². The largest absolute Gasteiger partial charge is 0.492 e. The minimum atomic E-state index is -0.307. The van der Waals surface area contributed by atoms with Gasteiger partial charge >= 0.3 is 0 Å². The molecule has 0 atom stereocenters. The Hall–Kier alpha value is -1.86. The Morgan fingerprint density at radius 2 is 1.88 bits per heavy atom. The molecule has 0 bridgehead atoms. The van der Waals surface area contributed by atoms with E-state index in [-0.39, 0.29) is 10.6 Å². The molecule has 0 aromatic heterocycles. The number of benzene rings is 1. The van der Waals surface area contributed by atoms with E-state index in [9.17, 15) is 10.1 Å². The SMILES string of the molecule is O=[N+]([O-])c1cc(OCCN2CCOCC2)ccc1N1CCCCC1. The fraction of sp³-hybridized carbons (Fsp3) is 0.647. The topological polar surface area (TPSA) is 68.1 Å². The van der Waals surface area contributed by atoms with Crippen LogP contribution < -0.4 is 9.64 Å². The van der Waals surface area contributed by atoms with E-state index in [0.717, 1.165) is 58.8 Å². The second-order valence-corrected chi connectivity index (χ2v) is 6.26. The van der Waals surface area contributed by atoms with Gasteiger partial charge in [0.15, 0.2) is 0 Å². The maximum atomic E-state index is 11.4. The summed E-state index contributed by atoms with van der Waals surface area (Å²) in [5, 5.41) is 11.4. The summed E-state index contributed by atoms with van der Waals surface area (Å²) in [7, 11) is 0. The quantitative estimate of drug-likeness (QED) is 0.587. The molecule has 2 heterocycles. The Bertz CT molecular complexity index is 555. The van der Waals surface area contributed by atoms with Gasteiger partial charge in [-0.15, -0.1) is 0 Å². The van der Waals surface area contributed by atoms with Crippen molar-refractivity contribution in [2.24, 2.45) is 0 Å². The van der Waals surface area contributed by atoms with Crippen LogP contribution in [0, 0.1) is 10.1 Å². The Kier molecular flexibility index (Phi) is 5.87. The zero-order valence-corrected chi connectivity index (χ0v) is 14.0. The van der Waals surface area contributed by atoms with Crippen LogP contribution in [0.4, 0.5) is 11.4 Å². The number of hydrogen-bond donors (Lipinski definition) is 0. The molecule has 0 spiro atoms. The second kappa shape index (κ2) is 8.30. The molecule has 0 amide bonds. The molecule has 2 fully saturated rings. The molecule has 7 nitrogen and oxygen atoms in total. The minimum absolute atomic E-state index is 0.140. The third-order valence-electron chi connectivity index (χ3n) is 4.62.